The van der Waals surface area contributed by atoms with Gasteiger partial charge in [0.1, 0.15) is 0 Å². The van der Waals surface area contributed by atoms with Crippen LogP contribution in [0.25, 0.3) is 0 Å². The molecule has 0 aromatic carbocycles. The van der Waals surface area contributed by atoms with Crippen molar-refractivity contribution in [1.82, 2.24) is 0 Å². The molecular weight excluding hydrogens is 284 g/mol. The number of rotatable bonds is 1. The smallest absolute Gasteiger partial charge is 0.0754 e. The number of aliphatic hydroxyl groups excluding tert-OH is 1. The molecule has 4 rings (SSSR count). The van der Waals surface area contributed by atoms with Crippen molar-refractivity contribution in [3.63, 3.8) is 0 Å². The Labute approximate surface area is 142 Å². The van der Waals surface area contributed by atoms with Gasteiger partial charge in [-0.05, 0) is 97.9 Å². The lowest BCUT2D eigenvalue weighted by Gasteiger charge is -2.60. The summed E-state index contributed by atoms with van der Waals surface area (Å²) < 4.78 is 0. The predicted molar refractivity (Wildman–Crippen MR) is 95.2 cm³/mol. The molecule has 0 aromatic rings. The fourth-order valence-electron chi connectivity index (χ4n) is 7.76. The third kappa shape index (κ3) is 2.39. The summed E-state index contributed by atoms with van der Waals surface area (Å²) in [6.07, 6.45) is 18.0. The lowest BCUT2D eigenvalue weighted by molar-refractivity contribution is -0.107. The van der Waals surface area contributed by atoms with Crippen molar-refractivity contribution in [3.05, 3.63) is 12.3 Å². The second kappa shape index (κ2) is 6.10. The Bertz CT molecular complexity index is 459. The van der Waals surface area contributed by atoms with Gasteiger partial charge in [0.2, 0.25) is 0 Å². The highest BCUT2D eigenvalue weighted by molar-refractivity contribution is 5.11. The van der Waals surface area contributed by atoms with E-state index in [-0.39, 0.29) is 5.48 Å². The lowest BCUT2D eigenvalue weighted by Crippen LogP contribution is -2.52. The molecule has 23 heavy (non-hydrogen) atoms. The molecule has 7 atom stereocenters. The Balaban J connectivity index is 0.00000156. The molecular formula is C21H36O2. The average molecular weight is 321 g/mol. The van der Waals surface area contributed by atoms with Gasteiger partial charge < -0.3 is 10.6 Å². The molecule has 4 saturated carbocycles. The predicted octanol–water partition coefficient (Wildman–Crippen LogP) is 5.28. The third-order valence-corrected chi connectivity index (χ3v) is 8.98. The molecule has 0 aromatic heterocycles. The minimum Gasteiger partial charge on any atom is -0.516 e. The van der Waals surface area contributed by atoms with E-state index in [0.717, 1.165) is 23.7 Å². The molecule has 0 amide bonds. The fourth-order valence-corrected chi connectivity index (χ4v) is 7.76. The second-order valence-electron chi connectivity index (χ2n) is 9.47. The molecule has 0 radical (unpaired) electrons. The zero-order chi connectivity index (χ0) is 15.4. The van der Waals surface area contributed by atoms with E-state index in [9.17, 15) is 5.11 Å². The Morgan fingerprint density at radius 1 is 0.826 bits per heavy atom. The Kier molecular flexibility index (Phi) is 4.59. The molecule has 132 valence electrons. The van der Waals surface area contributed by atoms with Crippen molar-refractivity contribution in [2.45, 2.75) is 78.1 Å². The molecule has 3 N–H and O–H groups in total. The van der Waals surface area contributed by atoms with E-state index >= 15 is 0 Å². The van der Waals surface area contributed by atoms with Gasteiger partial charge in [-0.3, -0.25) is 0 Å². The molecule has 4 aliphatic carbocycles. The molecule has 0 bridgehead atoms. The summed E-state index contributed by atoms with van der Waals surface area (Å²) in [6, 6.07) is 0. The first-order chi connectivity index (χ1) is 10.6. The maximum Gasteiger partial charge on any atom is 0.0754 e. The Morgan fingerprint density at radius 3 is 2.39 bits per heavy atom. The first-order valence-corrected chi connectivity index (χ1v) is 9.90. The van der Waals surface area contributed by atoms with E-state index in [2.05, 4.69) is 19.9 Å². The van der Waals surface area contributed by atoms with Gasteiger partial charge in [0.05, 0.1) is 6.26 Å². The van der Waals surface area contributed by atoms with E-state index in [1.807, 2.05) is 0 Å². The van der Waals surface area contributed by atoms with Crippen LogP contribution in [0, 0.1) is 40.4 Å². The zero-order valence-corrected chi connectivity index (χ0v) is 15.1. The number of fused-ring (bicyclic) bond motifs is 5. The van der Waals surface area contributed by atoms with E-state index in [4.69, 9.17) is 0 Å². The van der Waals surface area contributed by atoms with Crippen LogP contribution in [0.1, 0.15) is 78.1 Å². The van der Waals surface area contributed by atoms with Crippen LogP contribution in [0.3, 0.4) is 0 Å². The van der Waals surface area contributed by atoms with E-state index < -0.39 is 0 Å². The van der Waals surface area contributed by atoms with Crippen molar-refractivity contribution in [2.75, 3.05) is 0 Å². The van der Waals surface area contributed by atoms with Crippen molar-refractivity contribution in [2.24, 2.45) is 40.4 Å². The summed E-state index contributed by atoms with van der Waals surface area (Å²) in [7, 11) is 0. The summed E-state index contributed by atoms with van der Waals surface area (Å²) in [5.41, 5.74) is 1.13. The van der Waals surface area contributed by atoms with Gasteiger partial charge in [-0.25, -0.2) is 0 Å². The van der Waals surface area contributed by atoms with Gasteiger partial charge in [0.15, 0.2) is 0 Å². The van der Waals surface area contributed by atoms with Crippen LogP contribution in [-0.4, -0.2) is 10.6 Å². The summed E-state index contributed by atoms with van der Waals surface area (Å²) in [5.74, 6) is 4.56. The molecule has 4 fully saturated rings. The van der Waals surface area contributed by atoms with Crippen LogP contribution < -0.4 is 0 Å². The minimum absolute atomic E-state index is 0. The van der Waals surface area contributed by atoms with Crippen LogP contribution in [-0.2, 0) is 0 Å². The highest BCUT2D eigenvalue weighted by Gasteiger charge is 2.59. The van der Waals surface area contributed by atoms with Crippen LogP contribution in [0.5, 0.6) is 0 Å². The van der Waals surface area contributed by atoms with Crippen LogP contribution in [0.4, 0.5) is 0 Å². The highest BCUT2D eigenvalue weighted by atomic mass is 16.2. The summed E-state index contributed by atoms with van der Waals surface area (Å²) in [6.45, 7) is 5.21. The fraction of sp³-hybridized carbons (Fsp3) is 0.905. The van der Waals surface area contributed by atoms with E-state index in [1.165, 1.54) is 70.5 Å². The molecule has 2 nitrogen and oxygen atoms in total. The second-order valence-corrected chi connectivity index (χ2v) is 9.47. The molecule has 0 aliphatic heterocycles. The summed E-state index contributed by atoms with van der Waals surface area (Å²) in [5, 5.41) is 9.28. The highest BCUT2D eigenvalue weighted by Crippen LogP contribution is 2.67. The summed E-state index contributed by atoms with van der Waals surface area (Å²) in [4.78, 5) is 0. The van der Waals surface area contributed by atoms with Crippen LogP contribution in [0.15, 0.2) is 12.3 Å². The standard InChI is InChI=1S/C21H34O.H2O/c1-20-12-4-3-5-15(20)6-8-17-18-9-7-16(11-14-22)21(18,2)13-10-19(17)20;/h11,14-19,22H,3-10,12-13H2,1-2H3;1H2/t15?,16-,17+,18+,19+,20+,21-;/m1./s1. The number of allylic oxidation sites excluding steroid dienone is 1. The molecule has 2 heteroatoms. The van der Waals surface area contributed by atoms with Gasteiger partial charge in [-0.15, -0.1) is 0 Å². The average Bonchev–Trinajstić information content (AvgIpc) is 2.84. The van der Waals surface area contributed by atoms with Crippen molar-refractivity contribution < 1.29 is 10.6 Å². The maximum atomic E-state index is 9.28. The molecule has 4 aliphatic rings. The number of hydrogen-bond acceptors (Lipinski definition) is 1. The molecule has 0 spiro atoms. The Morgan fingerprint density at radius 2 is 1.61 bits per heavy atom. The molecule has 0 saturated heterocycles. The van der Waals surface area contributed by atoms with E-state index in [1.54, 1.807) is 0 Å². The van der Waals surface area contributed by atoms with Gasteiger partial charge in [-0.2, -0.15) is 0 Å². The van der Waals surface area contributed by atoms with Gasteiger partial charge in [0, 0.05) is 0 Å². The number of hydrogen-bond donors (Lipinski definition) is 1. The van der Waals surface area contributed by atoms with Crippen molar-refractivity contribution >= 4 is 0 Å². The van der Waals surface area contributed by atoms with Gasteiger partial charge >= 0.3 is 0 Å². The van der Waals surface area contributed by atoms with Crippen molar-refractivity contribution in [3.8, 4) is 0 Å². The molecule has 0 heterocycles. The van der Waals surface area contributed by atoms with Crippen LogP contribution in [0.2, 0.25) is 0 Å². The summed E-state index contributed by atoms with van der Waals surface area (Å²) >= 11 is 0. The molecule has 1 unspecified atom stereocenters. The largest absolute Gasteiger partial charge is 0.516 e. The quantitative estimate of drug-likeness (QED) is 0.656. The first-order valence-electron chi connectivity index (χ1n) is 9.90. The zero-order valence-electron chi connectivity index (χ0n) is 15.1. The van der Waals surface area contributed by atoms with Gasteiger partial charge in [-0.1, -0.05) is 26.7 Å². The SMILES string of the molecule is C[C@]12CC[C@H]3[C@@H](CCC4CCCC[C@@]43C)[C@@H]1CC[C@@H]2C=CO.O. The minimum atomic E-state index is 0. The topological polar surface area (TPSA) is 51.7 Å². The lowest BCUT2D eigenvalue weighted by atomic mass is 9.45. The van der Waals surface area contributed by atoms with Crippen molar-refractivity contribution in [1.29, 1.82) is 0 Å². The van der Waals surface area contributed by atoms with Gasteiger partial charge in [0.25, 0.3) is 0 Å². The third-order valence-electron chi connectivity index (χ3n) is 8.98. The Hall–Kier alpha value is -0.500. The first kappa shape index (κ1) is 17.3. The normalized spacial score (nSPS) is 52.3. The van der Waals surface area contributed by atoms with E-state index in [0.29, 0.717) is 16.7 Å². The number of aliphatic hydroxyl groups is 1. The van der Waals surface area contributed by atoms with Crippen LogP contribution >= 0.6 is 0 Å². The maximum absolute atomic E-state index is 9.28. The monoisotopic (exact) mass is 320 g/mol.